The molecule has 0 N–H and O–H groups in total. The van der Waals surface area contributed by atoms with E-state index in [1.54, 1.807) is 0 Å². The molecule has 5 bridgehead atoms. The van der Waals surface area contributed by atoms with Crippen LogP contribution in [-0.4, -0.2) is 26.7 Å². The van der Waals surface area contributed by atoms with Gasteiger partial charge in [-0.3, -0.25) is 4.79 Å². The molecule has 2 heterocycles. The zero-order chi connectivity index (χ0) is 17.8. The molecule has 5 heteroatoms. The van der Waals surface area contributed by atoms with Gasteiger partial charge >= 0.3 is 5.97 Å². The highest BCUT2D eigenvalue weighted by Gasteiger charge is 2.66. The number of hydrogen-bond acceptors (Lipinski definition) is 4. The molecule has 2 aliphatic carbocycles. The third kappa shape index (κ3) is 2.31. The summed E-state index contributed by atoms with van der Waals surface area (Å²) < 4.78 is 19.0. The van der Waals surface area contributed by atoms with Crippen LogP contribution in [-0.2, 0) is 18.7 Å². The van der Waals surface area contributed by atoms with Gasteiger partial charge in [0.15, 0.2) is 0 Å². The third-order valence-corrected chi connectivity index (χ3v) is 11.7. The van der Waals surface area contributed by atoms with Crippen LogP contribution in [0.1, 0.15) is 40.5 Å². The van der Waals surface area contributed by atoms with Crippen LogP contribution in [0.15, 0.2) is 23.5 Å². The van der Waals surface area contributed by atoms with Gasteiger partial charge in [-0.15, -0.1) is 0 Å². The van der Waals surface area contributed by atoms with E-state index >= 15 is 0 Å². The lowest BCUT2D eigenvalue weighted by Gasteiger charge is -2.50. The van der Waals surface area contributed by atoms with Gasteiger partial charge in [-0.05, 0) is 48.9 Å². The van der Waals surface area contributed by atoms with Crippen molar-refractivity contribution in [1.29, 1.82) is 0 Å². The van der Waals surface area contributed by atoms with Gasteiger partial charge in [0, 0.05) is 5.57 Å². The first kappa shape index (κ1) is 17.3. The van der Waals surface area contributed by atoms with Crippen molar-refractivity contribution >= 4 is 14.3 Å². The topological polar surface area (TPSA) is 44.8 Å². The molecule has 2 saturated heterocycles. The first-order valence-electron chi connectivity index (χ1n) is 9.98. The molecule has 4 aliphatic rings. The average molecular weight is 363 g/mol. The summed E-state index contributed by atoms with van der Waals surface area (Å²) in [6.45, 7) is 9.70. The first-order valence-corrected chi connectivity index (χ1v) is 12.5. The maximum Gasteiger partial charge on any atom is 0.316 e. The van der Waals surface area contributed by atoms with Crippen molar-refractivity contribution in [1.82, 2.24) is 0 Å². The van der Waals surface area contributed by atoms with Gasteiger partial charge in [0.1, 0.15) is 0 Å². The van der Waals surface area contributed by atoms with E-state index in [4.69, 9.17) is 13.9 Å². The smallest absolute Gasteiger partial charge is 0.316 e. The van der Waals surface area contributed by atoms with E-state index in [9.17, 15) is 4.79 Å². The van der Waals surface area contributed by atoms with Crippen molar-refractivity contribution in [3.8, 4) is 0 Å². The van der Waals surface area contributed by atoms with Gasteiger partial charge in [-0.2, -0.15) is 0 Å². The summed E-state index contributed by atoms with van der Waals surface area (Å²) in [6, 6.07) is 3.35. The van der Waals surface area contributed by atoms with Gasteiger partial charge < -0.3 is 13.9 Å². The Kier molecular flexibility index (Phi) is 4.15. The molecule has 25 heavy (non-hydrogen) atoms. The van der Waals surface area contributed by atoms with E-state index in [-0.39, 0.29) is 17.8 Å². The second-order valence-electron chi connectivity index (χ2n) is 8.09. The third-order valence-electron chi connectivity index (χ3n) is 7.17. The van der Waals surface area contributed by atoms with Gasteiger partial charge in [-0.1, -0.05) is 33.8 Å². The maximum atomic E-state index is 12.5. The number of esters is 1. The Morgan fingerprint density at radius 3 is 2.68 bits per heavy atom. The normalized spacial score (nSPS) is 39.3. The van der Waals surface area contributed by atoms with Crippen molar-refractivity contribution in [3.63, 3.8) is 0 Å². The van der Waals surface area contributed by atoms with Crippen molar-refractivity contribution in [2.75, 3.05) is 6.61 Å². The maximum absolute atomic E-state index is 12.5. The lowest BCUT2D eigenvalue weighted by atomic mass is 9.66. The number of rotatable bonds is 5. The fourth-order valence-corrected chi connectivity index (χ4v) is 8.04. The lowest BCUT2D eigenvalue weighted by Crippen LogP contribution is -2.55. The lowest BCUT2D eigenvalue weighted by molar-refractivity contribution is -0.252. The van der Waals surface area contributed by atoms with E-state index in [1.807, 2.05) is 0 Å². The fourth-order valence-electron chi connectivity index (χ4n) is 5.40. The molecule has 0 aromatic heterocycles. The molecule has 2 fully saturated rings. The molecular weight excluding hydrogens is 332 g/mol. The van der Waals surface area contributed by atoms with Crippen LogP contribution in [0.2, 0.25) is 18.1 Å². The minimum absolute atomic E-state index is 0.0317. The van der Waals surface area contributed by atoms with Crippen LogP contribution in [0.4, 0.5) is 0 Å². The summed E-state index contributed by atoms with van der Waals surface area (Å²) in [7, 11) is -1.78. The molecule has 4 rings (SSSR count). The molecule has 138 valence electrons. The Morgan fingerprint density at radius 2 is 2.00 bits per heavy atom. The van der Waals surface area contributed by atoms with Crippen molar-refractivity contribution < 1.29 is 18.7 Å². The largest absolute Gasteiger partial charge is 0.546 e. The highest BCUT2D eigenvalue weighted by Crippen LogP contribution is 2.59. The Bertz CT molecular complexity index is 627. The average Bonchev–Trinajstić information content (AvgIpc) is 2.81. The zero-order valence-corrected chi connectivity index (χ0v) is 16.8. The second-order valence-corrected chi connectivity index (χ2v) is 12.8. The van der Waals surface area contributed by atoms with Crippen LogP contribution in [0.5, 0.6) is 0 Å². The monoisotopic (exact) mass is 362 g/mol. The SMILES string of the molecule is CC[Si](CC)(CC)OC1=CC[C@H]2C(=O)O[C@]34OCC[C@H]([C@H](C)C=C23)[C@@H]14. The summed E-state index contributed by atoms with van der Waals surface area (Å²) in [6.07, 6.45) is 6.15. The highest BCUT2D eigenvalue weighted by atomic mass is 28.4. The van der Waals surface area contributed by atoms with Crippen LogP contribution in [0.25, 0.3) is 0 Å². The van der Waals surface area contributed by atoms with Gasteiger partial charge in [0.05, 0.1) is 24.2 Å². The van der Waals surface area contributed by atoms with E-state index in [0.717, 1.165) is 35.9 Å². The Morgan fingerprint density at radius 1 is 1.28 bits per heavy atom. The quantitative estimate of drug-likeness (QED) is 0.413. The minimum atomic E-state index is -1.78. The highest BCUT2D eigenvalue weighted by molar-refractivity contribution is 6.73. The molecule has 5 atom stereocenters. The molecule has 1 spiro atoms. The van der Waals surface area contributed by atoms with Crippen LogP contribution in [0, 0.1) is 23.7 Å². The summed E-state index contributed by atoms with van der Waals surface area (Å²) in [4.78, 5) is 12.5. The van der Waals surface area contributed by atoms with E-state index in [0.29, 0.717) is 24.9 Å². The van der Waals surface area contributed by atoms with Crippen LogP contribution in [0.3, 0.4) is 0 Å². The molecule has 0 saturated carbocycles. The molecule has 4 nitrogen and oxygen atoms in total. The summed E-state index contributed by atoms with van der Waals surface area (Å²) in [5, 5.41) is 0. The second kappa shape index (κ2) is 5.98. The number of carbonyl (C=O) groups is 1. The molecule has 2 aliphatic heterocycles. The van der Waals surface area contributed by atoms with Gasteiger partial charge in [0.2, 0.25) is 14.1 Å². The van der Waals surface area contributed by atoms with Gasteiger partial charge in [-0.25, -0.2) is 0 Å². The summed E-state index contributed by atoms with van der Waals surface area (Å²) in [5.74, 6) is 0.760. The Labute approximate surface area is 151 Å². The van der Waals surface area contributed by atoms with Crippen molar-refractivity contribution in [2.24, 2.45) is 23.7 Å². The van der Waals surface area contributed by atoms with Crippen molar-refractivity contribution in [2.45, 2.75) is 64.5 Å². The molecule has 0 aromatic carbocycles. The molecular formula is C20H30O4Si. The molecule has 0 radical (unpaired) electrons. The zero-order valence-electron chi connectivity index (χ0n) is 15.8. The van der Waals surface area contributed by atoms with E-state index in [1.165, 1.54) is 0 Å². The van der Waals surface area contributed by atoms with Gasteiger partial charge in [0.25, 0.3) is 0 Å². The Balaban J connectivity index is 1.80. The van der Waals surface area contributed by atoms with E-state index < -0.39 is 14.1 Å². The number of allylic oxidation sites excluding steroid dienone is 2. The van der Waals surface area contributed by atoms with E-state index in [2.05, 4.69) is 39.8 Å². The molecule has 0 aromatic rings. The standard InChI is InChI=1S/C20H30O4Si/c1-5-25(6-2,7-3)24-17-9-8-15-16-12-13(4)14-10-11-22-20(16,18(14)17)23-19(15)21/h9,12-15,18H,5-8,10-11H2,1-4H3/t13-,14-,15-,18+,20-/m1/s1. The predicted molar refractivity (Wildman–Crippen MR) is 98.1 cm³/mol. The molecule has 0 amide bonds. The first-order chi connectivity index (χ1) is 12.0. The van der Waals surface area contributed by atoms with Crippen molar-refractivity contribution in [3.05, 3.63) is 23.5 Å². The number of ether oxygens (including phenoxy) is 2. The van der Waals surface area contributed by atoms with Crippen LogP contribution >= 0.6 is 0 Å². The minimum Gasteiger partial charge on any atom is -0.546 e. The Hall–Kier alpha value is -1.07. The fraction of sp³-hybridized carbons (Fsp3) is 0.750. The summed E-state index contributed by atoms with van der Waals surface area (Å²) >= 11 is 0. The predicted octanol–water partition coefficient (Wildman–Crippen LogP) is 4.39. The number of hydrogen-bond donors (Lipinski definition) is 0. The summed E-state index contributed by atoms with van der Waals surface area (Å²) in [5.41, 5.74) is 1.07. The number of carbonyl (C=O) groups excluding carboxylic acids is 1. The van der Waals surface area contributed by atoms with Crippen LogP contribution < -0.4 is 0 Å². The molecule has 0 unspecified atom stereocenters.